The van der Waals surface area contributed by atoms with Gasteiger partial charge < -0.3 is 24.7 Å². The van der Waals surface area contributed by atoms with Crippen molar-refractivity contribution in [2.45, 2.75) is 47.9 Å². The molecule has 0 saturated carbocycles. The van der Waals surface area contributed by atoms with E-state index in [1.807, 2.05) is 49.4 Å². The number of benzene rings is 2. The van der Waals surface area contributed by atoms with Crippen molar-refractivity contribution in [1.82, 2.24) is 0 Å². The van der Waals surface area contributed by atoms with Gasteiger partial charge in [0.05, 0.1) is 22.7 Å². The van der Waals surface area contributed by atoms with Crippen molar-refractivity contribution >= 4 is 35.0 Å². The van der Waals surface area contributed by atoms with Gasteiger partial charge in [-0.1, -0.05) is 65.3 Å². The van der Waals surface area contributed by atoms with Gasteiger partial charge in [0.25, 0.3) is 0 Å². The molecule has 29 heavy (non-hydrogen) atoms. The van der Waals surface area contributed by atoms with E-state index in [0.29, 0.717) is 23.3 Å². The smallest absolute Gasteiger partial charge is 0.184 e. The molecule has 156 valence electrons. The number of hydrogen-bond donors (Lipinski definition) is 1. The van der Waals surface area contributed by atoms with Crippen LogP contribution < -0.4 is 5.73 Å². The third-order valence-electron chi connectivity index (χ3n) is 4.97. The standard InChI is InChI=1S/C21H23Cl2NO4S/c1-2-25-19-17(24)18-16(11-26-20(28-18)12-6-4-3-5-7-12)27-21(19)29-13-8-9-14(22)15(23)10-13/h3-10,16-21H,2,11,24H2,1H3. The molecule has 2 saturated heterocycles. The fourth-order valence-corrected chi connectivity index (χ4v) is 5.12. The highest BCUT2D eigenvalue weighted by Crippen LogP contribution is 2.40. The Hall–Kier alpha value is -0.830. The molecule has 5 nitrogen and oxygen atoms in total. The highest BCUT2D eigenvalue weighted by molar-refractivity contribution is 7.99. The van der Waals surface area contributed by atoms with E-state index in [9.17, 15) is 0 Å². The van der Waals surface area contributed by atoms with Gasteiger partial charge in [-0.15, -0.1) is 0 Å². The molecule has 6 unspecified atom stereocenters. The maximum Gasteiger partial charge on any atom is 0.184 e. The van der Waals surface area contributed by atoms with Crippen LogP contribution in [0.3, 0.4) is 0 Å². The SMILES string of the molecule is CCOC1C(Sc2ccc(Cl)c(Cl)c2)OC2COC(c3ccccc3)OC2C1N. The predicted octanol–water partition coefficient (Wildman–Crippen LogP) is 4.66. The summed E-state index contributed by atoms with van der Waals surface area (Å²) in [5.41, 5.74) is 7.25. The molecule has 8 heteroatoms. The van der Waals surface area contributed by atoms with E-state index in [4.69, 9.17) is 47.9 Å². The van der Waals surface area contributed by atoms with Crippen LogP contribution in [0.25, 0.3) is 0 Å². The Kier molecular flexibility index (Phi) is 7.04. The molecule has 2 aromatic carbocycles. The topological polar surface area (TPSA) is 62.9 Å². The number of rotatable bonds is 5. The summed E-state index contributed by atoms with van der Waals surface area (Å²) in [6.45, 7) is 2.86. The lowest BCUT2D eigenvalue weighted by molar-refractivity contribution is -0.300. The van der Waals surface area contributed by atoms with Crippen molar-refractivity contribution in [2.24, 2.45) is 5.73 Å². The van der Waals surface area contributed by atoms with Gasteiger partial charge in [-0.05, 0) is 25.1 Å². The summed E-state index contributed by atoms with van der Waals surface area (Å²) in [6, 6.07) is 15.0. The molecule has 0 bridgehead atoms. The summed E-state index contributed by atoms with van der Waals surface area (Å²) in [6.07, 6.45) is -1.40. The zero-order chi connectivity index (χ0) is 20.4. The molecule has 0 aromatic heterocycles. The summed E-state index contributed by atoms with van der Waals surface area (Å²) in [5.74, 6) is 0. The zero-order valence-corrected chi connectivity index (χ0v) is 18.2. The van der Waals surface area contributed by atoms with Crippen molar-refractivity contribution in [1.29, 1.82) is 0 Å². The summed E-state index contributed by atoms with van der Waals surface area (Å²) in [5, 5.41) is 1.01. The minimum Gasteiger partial charge on any atom is -0.373 e. The maximum atomic E-state index is 6.61. The van der Waals surface area contributed by atoms with Crippen LogP contribution in [0.15, 0.2) is 53.4 Å². The van der Waals surface area contributed by atoms with Gasteiger partial charge in [-0.2, -0.15) is 0 Å². The molecule has 2 N–H and O–H groups in total. The molecule has 0 radical (unpaired) electrons. The van der Waals surface area contributed by atoms with Crippen molar-refractivity contribution in [3.8, 4) is 0 Å². The molecule has 2 aromatic rings. The molecule has 0 spiro atoms. The number of thioether (sulfide) groups is 1. The van der Waals surface area contributed by atoms with E-state index in [1.165, 1.54) is 11.8 Å². The van der Waals surface area contributed by atoms with E-state index in [-0.39, 0.29) is 29.8 Å². The first-order valence-electron chi connectivity index (χ1n) is 9.53. The Bertz CT molecular complexity index is 828. The van der Waals surface area contributed by atoms with E-state index in [2.05, 4.69) is 0 Å². The van der Waals surface area contributed by atoms with E-state index in [1.54, 1.807) is 6.07 Å². The summed E-state index contributed by atoms with van der Waals surface area (Å²) in [7, 11) is 0. The fraction of sp³-hybridized carbons (Fsp3) is 0.429. The van der Waals surface area contributed by atoms with E-state index < -0.39 is 6.29 Å². The van der Waals surface area contributed by atoms with Gasteiger partial charge in [0.2, 0.25) is 0 Å². The van der Waals surface area contributed by atoms with Gasteiger partial charge >= 0.3 is 0 Å². The van der Waals surface area contributed by atoms with Crippen LogP contribution in [0.5, 0.6) is 0 Å². The summed E-state index contributed by atoms with van der Waals surface area (Å²) < 4.78 is 24.4. The minimum atomic E-state index is -0.464. The van der Waals surface area contributed by atoms with Crippen LogP contribution in [-0.4, -0.2) is 43.0 Å². The molecule has 0 amide bonds. The first kappa shape index (κ1) is 21.4. The average molecular weight is 456 g/mol. The lowest BCUT2D eigenvalue weighted by atomic mass is 9.96. The molecule has 2 aliphatic rings. The Morgan fingerprint density at radius 2 is 1.90 bits per heavy atom. The molecule has 4 rings (SSSR count). The van der Waals surface area contributed by atoms with Crippen LogP contribution in [0, 0.1) is 0 Å². The molecule has 2 fully saturated rings. The lowest BCUT2D eigenvalue weighted by Crippen LogP contribution is -2.64. The summed E-state index contributed by atoms with van der Waals surface area (Å²) in [4.78, 5) is 0.930. The lowest BCUT2D eigenvalue weighted by Gasteiger charge is -2.48. The van der Waals surface area contributed by atoms with Gasteiger partial charge in [0.1, 0.15) is 23.7 Å². The second kappa shape index (κ2) is 9.54. The van der Waals surface area contributed by atoms with Crippen molar-refractivity contribution in [3.63, 3.8) is 0 Å². The van der Waals surface area contributed by atoms with Gasteiger partial charge in [0.15, 0.2) is 6.29 Å². The molecule has 2 aliphatic heterocycles. The van der Waals surface area contributed by atoms with Crippen LogP contribution in [0.1, 0.15) is 18.8 Å². The van der Waals surface area contributed by atoms with Crippen LogP contribution in [0.4, 0.5) is 0 Å². The van der Waals surface area contributed by atoms with Gasteiger partial charge in [-0.3, -0.25) is 0 Å². The molecule has 0 aliphatic carbocycles. The van der Waals surface area contributed by atoms with Crippen molar-refractivity contribution in [2.75, 3.05) is 13.2 Å². The largest absolute Gasteiger partial charge is 0.373 e. The highest BCUT2D eigenvalue weighted by Gasteiger charge is 2.49. The molecular weight excluding hydrogens is 433 g/mol. The fourth-order valence-electron chi connectivity index (χ4n) is 3.57. The van der Waals surface area contributed by atoms with Crippen molar-refractivity contribution in [3.05, 3.63) is 64.1 Å². The first-order valence-corrected chi connectivity index (χ1v) is 11.2. The highest BCUT2D eigenvalue weighted by atomic mass is 35.5. The molecule has 2 heterocycles. The minimum absolute atomic E-state index is 0.276. The quantitative estimate of drug-likeness (QED) is 0.707. The van der Waals surface area contributed by atoms with E-state index >= 15 is 0 Å². The van der Waals surface area contributed by atoms with Crippen LogP contribution in [0.2, 0.25) is 10.0 Å². The Labute approximate surface area is 184 Å². The zero-order valence-electron chi connectivity index (χ0n) is 15.9. The molecular formula is C21H23Cl2NO4S. The Balaban J connectivity index is 1.51. The Morgan fingerprint density at radius 1 is 1.10 bits per heavy atom. The van der Waals surface area contributed by atoms with E-state index in [0.717, 1.165) is 10.5 Å². The maximum absolute atomic E-state index is 6.61. The van der Waals surface area contributed by atoms with Crippen molar-refractivity contribution < 1.29 is 18.9 Å². The molecule has 6 atom stereocenters. The normalized spacial score (nSPS) is 32.0. The number of ether oxygens (including phenoxy) is 4. The van der Waals surface area contributed by atoms with Gasteiger partial charge in [0, 0.05) is 17.1 Å². The summed E-state index contributed by atoms with van der Waals surface area (Å²) >= 11 is 13.7. The monoisotopic (exact) mass is 455 g/mol. The van der Waals surface area contributed by atoms with Gasteiger partial charge in [-0.25, -0.2) is 0 Å². The third-order valence-corrected chi connectivity index (χ3v) is 6.85. The Morgan fingerprint density at radius 3 is 2.62 bits per heavy atom. The first-order chi connectivity index (χ1) is 14.1. The third kappa shape index (κ3) is 4.75. The average Bonchev–Trinajstić information content (AvgIpc) is 2.74. The second-order valence-corrected chi connectivity index (χ2v) is 8.90. The number of hydrogen-bond acceptors (Lipinski definition) is 6. The number of halogens is 2. The predicted molar refractivity (Wildman–Crippen MR) is 114 cm³/mol. The van der Waals surface area contributed by atoms with Crippen LogP contribution >= 0.6 is 35.0 Å². The second-order valence-electron chi connectivity index (χ2n) is 6.91. The number of fused-ring (bicyclic) bond motifs is 1. The van der Waals surface area contributed by atoms with Crippen LogP contribution in [-0.2, 0) is 18.9 Å². The number of nitrogens with two attached hydrogens (primary N) is 1.